The molecule has 2 heteroatoms. The van der Waals surface area contributed by atoms with E-state index in [0.29, 0.717) is 6.10 Å². The van der Waals surface area contributed by atoms with Crippen LogP contribution in [-0.2, 0) is 17.6 Å². The molecule has 17 heavy (non-hydrogen) atoms. The van der Waals surface area contributed by atoms with E-state index in [4.69, 9.17) is 10.5 Å². The second kappa shape index (κ2) is 4.43. The van der Waals surface area contributed by atoms with Gasteiger partial charge in [-0.15, -0.1) is 0 Å². The van der Waals surface area contributed by atoms with Crippen molar-refractivity contribution < 1.29 is 4.74 Å². The number of ether oxygens (including phenoxy) is 1. The predicted molar refractivity (Wildman–Crippen MR) is 68.9 cm³/mol. The van der Waals surface area contributed by atoms with E-state index in [1.54, 1.807) is 0 Å². The fraction of sp³-hybridized carbons (Fsp3) is 0.600. The summed E-state index contributed by atoms with van der Waals surface area (Å²) in [6, 6.07) is 8.78. The van der Waals surface area contributed by atoms with Crippen LogP contribution in [0.15, 0.2) is 24.3 Å². The molecular formula is C15H21NO. The first-order valence-corrected chi connectivity index (χ1v) is 6.70. The maximum absolute atomic E-state index is 6.07. The summed E-state index contributed by atoms with van der Waals surface area (Å²) in [7, 11) is 0. The zero-order valence-electron chi connectivity index (χ0n) is 10.3. The molecule has 0 radical (unpaired) electrons. The normalized spacial score (nSPS) is 26.1. The molecule has 0 aromatic heterocycles. The third-order valence-electron chi connectivity index (χ3n) is 4.37. The monoisotopic (exact) mass is 231 g/mol. The van der Waals surface area contributed by atoms with Crippen LogP contribution >= 0.6 is 0 Å². The fourth-order valence-corrected chi connectivity index (χ4v) is 3.43. The van der Waals surface area contributed by atoms with Crippen LogP contribution in [0.4, 0.5) is 0 Å². The van der Waals surface area contributed by atoms with Crippen LogP contribution in [0.1, 0.15) is 30.4 Å². The highest BCUT2D eigenvalue weighted by Gasteiger charge is 2.38. The van der Waals surface area contributed by atoms with E-state index in [0.717, 1.165) is 32.4 Å². The van der Waals surface area contributed by atoms with Crippen molar-refractivity contribution in [2.75, 3.05) is 13.2 Å². The Balaban J connectivity index is 1.77. The summed E-state index contributed by atoms with van der Waals surface area (Å²) in [6.45, 7) is 1.72. The van der Waals surface area contributed by atoms with E-state index >= 15 is 0 Å². The molecule has 0 spiro atoms. The number of hydrogen-bond acceptors (Lipinski definition) is 2. The molecule has 1 unspecified atom stereocenters. The van der Waals surface area contributed by atoms with Crippen LogP contribution in [0.5, 0.6) is 0 Å². The van der Waals surface area contributed by atoms with Gasteiger partial charge in [-0.05, 0) is 55.2 Å². The van der Waals surface area contributed by atoms with Crippen molar-refractivity contribution in [2.45, 2.75) is 38.2 Å². The SMILES string of the molecule is NCC1(CC2CCCO2)Cc2ccccc2C1. The van der Waals surface area contributed by atoms with E-state index in [2.05, 4.69) is 24.3 Å². The Hall–Kier alpha value is -0.860. The maximum atomic E-state index is 6.07. The van der Waals surface area contributed by atoms with Crippen molar-refractivity contribution in [3.63, 3.8) is 0 Å². The van der Waals surface area contributed by atoms with Crippen molar-refractivity contribution >= 4 is 0 Å². The lowest BCUT2D eigenvalue weighted by Crippen LogP contribution is -2.35. The van der Waals surface area contributed by atoms with Crippen molar-refractivity contribution in [1.29, 1.82) is 0 Å². The average Bonchev–Trinajstić information content (AvgIpc) is 2.96. The highest BCUT2D eigenvalue weighted by atomic mass is 16.5. The van der Waals surface area contributed by atoms with Crippen molar-refractivity contribution in [2.24, 2.45) is 11.1 Å². The van der Waals surface area contributed by atoms with Crippen LogP contribution < -0.4 is 5.73 Å². The van der Waals surface area contributed by atoms with E-state index in [9.17, 15) is 0 Å². The van der Waals surface area contributed by atoms with Crippen LogP contribution in [0.2, 0.25) is 0 Å². The highest BCUT2D eigenvalue weighted by Crippen LogP contribution is 2.41. The summed E-state index contributed by atoms with van der Waals surface area (Å²) in [4.78, 5) is 0. The van der Waals surface area contributed by atoms with Crippen LogP contribution in [0, 0.1) is 5.41 Å². The van der Waals surface area contributed by atoms with E-state index < -0.39 is 0 Å². The molecule has 0 saturated carbocycles. The summed E-state index contributed by atoms with van der Waals surface area (Å²) >= 11 is 0. The quantitative estimate of drug-likeness (QED) is 0.866. The van der Waals surface area contributed by atoms with Crippen LogP contribution in [0.25, 0.3) is 0 Å². The summed E-state index contributed by atoms with van der Waals surface area (Å²) in [5.41, 5.74) is 9.33. The molecule has 1 aromatic carbocycles. The Morgan fingerprint density at radius 1 is 1.24 bits per heavy atom. The number of nitrogens with two attached hydrogens (primary N) is 1. The Bertz CT molecular complexity index is 371. The molecule has 2 nitrogen and oxygen atoms in total. The minimum atomic E-state index is 0.263. The number of rotatable bonds is 3. The lowest BCUT2D eigenvalue weighted by Gasteiger charge is -2.30. The van der Waals surface area contributed by atoms with Gasteiger partial charge in [-0.25, -0.2) is 0 Å². The number of fused-ring (bicyclic) bond motifs is 1. The molecule has 2 aliphatic rings. The zero-order chi connectivity index (χ0) is 11.7. The Labute approximate surface area is 103 Å². The summed E-state index contributed by atoms with van der Waals surface area (Å²) < 4.78 is 5.79. The molecule has 1 aliphatic carbocycles. The molecule has 3 rings (SSSR count). The molecule has 2 N–H and O–H groups in total. The molecule has 1 fully saturated rings. The van der Waals surface area contributed by atoms with Gasteiger partial charge in [0, 0.05) is 6.61 Å². The molecule has 1 saturated heterocycles. The molecule has 0 amide bonds. The van der Waals surface area contributed by atoms with Gasteiger partial charge in [0.1, 0.15) is 0 Å². The lowest BCUT2D eigenvalue weighted by molar-refractivity contribution is 0.0659. The smallest absolute Gasteiger partial charge is 0.0582 e. The maximum Gasteiger partial charge on any atom is 0.0582 e. The van der Waals surface area contributed by atoms with Crippen LogP contribution in [0.3, 0.4) is 0 Å². The number of hydrogen-bond donors (Lipinski definition) is 1. The fourth-order valence-electron chi connectivity index (χ4n) is 3.43. The van der Waals surface area contributed by atoms with Gasteiger partial charge in [-0.2, -0.15) is 0 Å². The Morgan fingerprint density at radius 3 is 2.47 bits per heavy atom. The van der Waals surface area contributed by atoms with E-state index in [1.807, 2.05) is 0 Å². The average molecular weight is 231 g/mol. The predicted octanol–water partition coefficient (Wildman–Crippen LogP) is 2.30. The number of benzene rings is 1. The third-order valence-corrected chi connectivity index (χ3v) is 4.37. The second-order valence-corrected chi connectivity index (χ2v) is 5.67. The lowest BCUT2D eigenvalue weighted by atomic mass is 9.79. The van der Waals surface area contributed by atoms with Crippen molar-refractivity contribution in [3.8, 4) is 0 Å². The largest absolute Gasteiger partial charge is 0.378 e. The van der Waals surface area contributed by atoms with Gasteiger partial charge in [-0.1, -0.05) is 24.3 Å². The molecule has 1 aromatic rings. The zero-order valence-corrected chi connectivity index (χ0v) is 10.3. The van der Waals surface area contributed by atoms with Gasteiger partial charge in [0.2, 0.25) is 0 Å². The topological polar surface area (TPSA) is 35.2 Å². The Kier molecular flexibility index (Phi) is 2.93. The van der Waals surface area contributed by atoms with Crippen molar-refractivity contribution in [3.05, 3.63) is 35.4 Å². The van der Waals surface area contributed by atoms with Crippen molar-refractivity contribution in [1.82, 2.24) is 0 Å². The second-order valence-electron chi connectivity index (χ2n) is 5.67. The van der Waals surface area contributed by atoms with E-state index in [1.165, 1.54) is 24.0 Å². The van der Waals surface area contributed by atoms with E-state index in [-0.39, 0.29) is 5.41 Å². The van der Waals surface area contributed by atoms with Crippen LogP contribution in [-0.4, -0.2) is 19.3 Å². The Morgan fingerprint density at radius 2 is 1.94 bits per heavy atom. The summed E-state index contributed by atoms with van der Waals surface area (Å²) in [5.74, 6) is 0. The first kappa shape index (κ1) is 11.2. The van der Waals surface area contributed by atoms with Gasteiger partial charge in [-0.3, -0.25) is 0 Å². The molecule has 92 valence electrons. The minimum Gasteiger partial charge on any atom is -0.378 e. The molecule has 1 atom stereocenters. The summed E-state index contributed by atoms with van der Waals surface area (Å²) in [5, 5.41) is 0. The third kappa shape index (κ3) is 2.12. The van der Waals surface area contributed by atoms with Gasteiger partial charge in [0.05, 0.1) is 6.10 Å². The first-order chi connectivity index (χ1) is 8.31. The first-order valence-electron chi connectivity index (χ1n) is 6.70. The molecule has 1 heterocycles. The van der Waals surface area contributed by atoms with Gasteiger partial charge in [0.15, 0.2) is 0 Å². The molecular weight excluding hydrogens is 210 g/mol. The summed E-state index contributed by atoms with van der Waals surface area (Å²) in [6.07, 6.45) is 6.31. The standard InChI is InChI=1S/C15H21NO/c16-11-15(10-14-6-3-7-17-14)8-12-4-1-2-5-13(12)9-15/h1-2,4-5,14H,3,6-11,16H2. The van der Waals surface area contributed by atoms with Gasteiger partial charge >= 0.3 is 0 Å². The highest BCUT2D eigenvalue weighted by molar-refractivity contribution is 5.34. The van der Waals surface area contributed by atoms with Gasteiger partial charge < -0.3 is 10.5 Å². The van der Waals surface area contributed by atoms with Gasteiger partial charge in [0.25, 0.3) is 0 Å². The molecule has 1 aliphatic heterocycles. The minimum absolute atomic E-state index is 0.263. The molecule has 0 bridgehead atoms.